The van der Waals surface area contributed by atoms with Gasteiger partial charge in [0.25, 0.3) is 0 Å². The molecule has 1 spiro atoms. The predicted molar refractivity (Wildman–Crippen MR) is 360 cm³/mol. The molecule has 14 aromatic rings. The van der Waals surface area contributed by atoms with Crippen LogP contribution < -0.4 is 9.80 Å². The number of benzene rings is 10. The Morgan fingerprint density at radius 1 is 0.306 bits per heavy atom. The summed E-state index contributed by atoms with van der Waals surface area (Å²) < 4.78 is 4.98. The third kappa shape index (κ3) is 6.40. The summed E-state index contributed by atoms with van der Waals surface area (Å²) >= 11 is 3.77. The zero-order valence-electron chi connectivity index (χ0n) is 48.5. The minimum atomic E-state index is -0.570. The summed E-state index contributed by atoms with van der Waals surface area (Å²) in [5, 5.41) is 9.80. The van der Waals surface area contributed by atoms with Crippen LogP contribution in [-0.4, -0.2) is 9.13 Å². The second-order valence-electron chi connectivity index (χ2n) is 24.9. The highest BCUT2D eigenvalue weighted by Gasteiger charge is 2.54. The molecule has 4 heterocycles. The molecule has 10 aromatic carbocycles. The Bertz CT molecular complexity index is 4880. The van der Waals surface area contributed by atoms with Crippen LogP contribution in [0.15, 0.2) is 229 Å². The van der Waals surface area contributed by atoms with E-state index in [1.807, 2.05) is 22.7 Å². The van der Waals surface area contributed by atoms with Crippen LogP contribution in [0.3, 0.4) is 0 Å². The first kappa shape index (κ1) is 49.2. The lowest BCUT2D eigenvalue weighted by Crippen LogP contribution is -2.26. The van der Waals surface area contributed by atoms with Gasteiger partial charge in [-0.25, -0.2) is 0 Å². The van der Waals surface area contributed by atoms with Crippen LogP contribution in [0.25, 0.3) is 86.7 Å². The Morgan fingerprint density at radius 2 is 0.635 bits per heavy atom. The normalized spacial score (nSPS) is 14.8. The molecule has 4 aliphatic carbocycles. The number of hydrogen-bond acceptors (Lipinski definition) is 4. The van der Waals surface area contributed by atoms with E-state index in [4.69, 9.17) is 0 Å². The zero-order valence-corrected chi connectivity index (χ0v) is 50.1. The molecule has 0 radical (unpaired) electrons. The maximum Gasteiger partial charge on any atom is 0.0743 e. The van der Waals surface area contributed by atoms with E-state index in [0.717, 1.165) is 47.2 Å². The summed E-state index contributed by atoms with van der Waals surface area (Å²) in [5.41, 5.74) is 29.7. The van der Waals surface area contributed by atoms with Crippen LogP contribution in [0.2, 0.25) is 0 Å². The van der Waals surface area contributed by atoms with Gasteiger partial charge in [-0.2, -0.15) is 0 Å². The van der Waals surface area contributed by atoms with Gasteiger partial charge >= 0.3 is 0 Å². The number of thiophene rings is 2. The smallest absolute Gasteiger partial charge is 0.0743 e. The Kier molecular flexibility index (Phi) is 10.1. The highest BCUT2D eigenvalue weighted by molar-refractivity contribution is 7.21. The van der Waals surface area contributed by atoms with Gasteiger partial charge in [-0.15, -0.1) is 22.7 Å². The molecule has 0 bridgehead atoms. The van der Waals surface area contributed by atoms with Crippen LogP contribution in [0, 0.1) is 0 Å². The van der Waals surface area contributed by atoms with Gasteiger partial charge < -0.3 is 18.9 Å². The van der Waals surface area contributed by atoms with E-state index < -0.39 is 5.41 Å². The number of nitrogens with zero attached hydrogens (tertiary/aromatic N) is 4. The maximum atomic E-state index is 2.57. The van der Waals surface area contributed by atoms with Gasteiger partial charge in [0.2, 0.25) is 0 Å². The molecular weight excluding hydrogens is 1070 g/mol. The summed E-state index contributed by atoms with van der Waals surface area (Å²) in [6, 6.07) is 84.4. The fraction of sp³-hybridized carbons (Fsp3) is 0.139. The maximum absolute atomic E-state index is 2.57. The van der Waals surface area contributed by atoms with Crippen LogP contribution in [0.1, 0.15) is 86.1 Å². The second kappa shape index (κ2) is 17.4. The molecule has 0 atom stereocenters. The van der Waals surface area contributed by atoms with Gasteiger partial charge in [-0.1, -0.05) is 149 Å². The van der Waals surface area contributed by atoms with Crippen molar-refractivity contribution in [2.24, 2.45) is 0 Å². The lowest BCUT2D eigenvalue weighted by atomic mass is 9.71. The fourth-order valence-electron chi connectivity index (χ4n) is 16.5. The van der Waals surface area contributed by atoms with E-state index in [-0.39, 0.29) is 10.8 Å². The summed E-state index contributed by atoms with van der Waals surface area (Å²) in [6.07, 6.45) is 0. The summed E-state index contributed by atoms with van der Waals surface area (Å²) in [6.45, 7) is 15.9. The minimum absolute atomic E-state index is 0.169. The average molecular weight is 1130 g/mol. The van der Waals surface area contributed by atoms with Crippen LogP contribution in [0.4, 0.5) is 34.1 Å². The van der Waals surface area contributed by atoms with Crippen molar-refractivity contribution in [2.45, 2.75) is 70.9 Å². The van der Waals surface area contributed by atoms with Gasteiger partial charge in [-0.3, -0.25) is 0 Å². The van der Waals surface area contributed by atoms with Crippen molar-refractivity contribution >= 4 is 100 Å². The molecule has 85 heavy (non-hydrogen) atoms. The molecule has 18 rings (SSSR count). The van der Waals surface area contributed by atoms with E-state index in [0.29, 0.717) is 0 Å². The van der Waals surface area contributed by atoms with Crippen molar-refractivity contribution < 1.29 is 0 Å². The third-order valence-electron chi connectivity index (χ3n) is 20.3. The highest BCUT2D eigenvalue weighted by atomic mass is 32.1. The molecule has 0 fully saturated rings. The molecule has 0 unspecified atom stereocenters. The molecule has 0 aliphatic heterocycles. The monoisotopic (exact) mass is 1130 g/mol. The number of rotatable bonds is 8. The largest absolute Gasteiger partial charge is 0.341 e. The molecular formula is C79H60N4S2. The van der Waals surface area contributed by atoms with E-state index in [1.165, 1.54) is 131 Å². The number of hydrogen-bond donors (Lipinski definition) is 0. The number of fused-ring (bicyclic) bond motifs is 22. The standard InChI is InChI=1S/C79H60N4S2/c1-7-80-71-23-15-11-19-59(71)61-35-29-51(45-73(61)80)82(47-25-31-55-53-17-9-13-21-63(53)77(3,4)67(55)41-47)49-27-33-57-58-34-28-50(44-70(58)79(69(57)43-49)65-37-39-84-75(65)76-66(79)38-40-85-76)83(48-26-32-56-54-18-10-14-22-64(54)78(5,6)68(56)42-48)52-30-36-62-60-20-12-16-24-72(60)81(8-2)74(62)46-52/h9-46H,7-8H2,1-6H3. The van der Waals surface area contributed by atoms with E-state index >= 15 is 0 Å². The average Bonchev–Trinajstić information content (AvgIpc) is 1.54. The zero-order chi connectivity index (χ0) is 56.8. The van der Waals surface area contributed by atoms with E-state index in [2.05, 4.69) is 290 Å². The second-order valence-corrected chi connectivity index (χ2v) is 26.8. The van der Waals surface area contributed by atoms with Crippen molar-refractivity contribution in [1.82, 2.24) is 9.13 Å². The van der Waals surface area contributed by atoms with E-state index in [1.54, 1.807) is 0 Å². The Hall–Kier alpha value is -9.20. The molecule has 0 N–H and O–H groups in total. The van der Waals surface area contributed by atoms with Crippen molar-refractivity contribution in [3.63, 3.8) is 0 Å². The summed E-state index contributed by atoms with van der Waals surface area (Å²) in [5.74, 6) is 0. The number of anilines is 6. The van der Waals surface area contributed by atoms with Crippen LogP contribution >= 0.6 is 22.7 Å². The molecule has 6 heteroatoms. The van der Waals surface area contributed by atoms with Crippen molar-refractivity contribution in [1.29, 1.82) is 0 Å². The minimum Gasteiger partial charge on any atom is -0.341 e. The summed E-state index contributed by atoms with van der Waals surface area (Å²) in [4.78, 5) is 7.87. The highest BCUT2D eigenvalue weighted by Crippen LogP contribution is 2.66. The van der Waals surface area contributed by atoms with Gasteiger partial charge in [0.15, 0.2) is 0 Å². The Morgan fingerprint density at radius 3 is 1.06 bits per heavy atom. The topological polar surface area (TPSA) is 16.3 Å². The first-order chi connectivity index (χ1) is 41.6. The molecule has 408 valence electrons. The Balaban J connectivity index is 0.867. The first-order valence-electron chi connectivity index (χ1n) is 30.1. The van der Waals surface area contributed by atoms with Gasteiger partial charge in [0.05, 0.1) is 16.4 Å². The molecule has 0 amide bonds. The first-order valence-corrected chi connectivity index (χ1v) is 31.9. The van der Waals surface area contributed by atoms with E-state index in [9.17, 15) is 0 Å². The van der Waals surface area contributed by atoms with Crippen molar-refractivity contribution in [2.75, 3.05) is 9.80 Å². The van der Waals surface area contributed by atoms with Crippen molar-refractivity contribution in [3.05, 3.63) is 274 Å². The number of aryl methyl sites for hydroxylation is 2. The third-order valence-corrected chi connectivity index (χ3v) is 22.3. The predicted octanol–water partition coefficient (Wildman–Crippen LogP) is 22.0. The number of para-hydroxylation sites is 2. The van der Waals surface area contributed by atoms with Crippen LogP contribution in [-0.2, 0) is 29.3 Å². The SMILES string of the molecule is CCn1c2ccccc2c2ccc(N(c3ccc4c(c3)C(C)(C)c3ccccc3-4)c3ccc4c(c3)C3(c5cc(N(c6ccc7c(c6)C(C)(C)c6ccccc6-7)c6ccc7c8ccccc8n(CC)c7c6)ccc5-4)c4ccsc4-c4sccc43)cc21. The quantitative estimate of drug-likeness (QED) is 0.151. The molecule has 0 saturated heterocycles. The Labute approximate surface area is 503 Å². The van der Waals surface area contributed by atoms with Crippen LogP contribution in [0.5, 0.6) is 0 Å². The van der Waals surface area contributed by atoms with Crippen molar-refractivity contribution in [3.8, 4) is 43.1 Å². The molecule has 4 nitrogen and oxygen atoms in total. The lowest BCUT2D eigenvalue weighted by molar-refractivity contribution is 0.660. The molecule has 0 saturated carbocycles. The molecule has 4 aliphatic rings. The van der Waals surface area contributed by atoms with Gasteiger partial charge in [-0.05, 0) is 200 Å². The summed E-state index contributed by atoms with van der Waals surface area (Å²) in [7, 11) is 0. The molecule has 4 aromatic heterocycles. The van der Waals surface area contributed by atoms with Gasteiger partial charge in [0.1, 0.15) is 0 Å². The fourth-order valence-corrected chi connectivity index (χ4v) is 18.6. The van der Waals surface area contributed by atoms with Gasteiger partial charge in [0, 0.05) is 100 Å². The number of aromatic nitrogens is 2. The lowest BCUT2D eigenvalue weighted by Gasteiger charge is -2.33.